The molecule has 1 aromatic carbocycles. The van der Waals surface area contributed by atoms with Gasteiger partial charge in [-0.3, -0.25) is 4.79 Å². The van der Waals surface area contributed by atoms with E-state index in [9.17, 15) is 9.18 Å². The summed E-state index contributed by atoms with van der Waals surface area (Å²) < 4.78 is 13.7. The first-order chi connectivity index (χ1) is 10.1. The highest BCUT2D eigenvalue weighted by Gasteiger charge is 2.37. The average molecular weight is 392 g/mol. The van der Waals surface area contributed by atoms with Crippen LogP contribution in [0.3, 0.4) is 0 Å². The van der Waals surface area contributed by atoms with Gasteiger partial charge >= 0.3 is 0 Å². The number of benzene rings is 1. The minimum absolute atomic E-state index is 0. The lowest BCUT2D eigenvalue weighted by atomic mass is 9.85. The van der Waals surface area contributed by atoms with E-state index in [1.807, 2.05) is 0 Å². The third kappa shape index (κ3) is 4.00. The number of rotatable bonds is 3. The summed E-state index contributed by atoms with van der Waals surface area (Å²) in [6, 6.07) is 4.98. The first kappa shape index (κ1) is 17.7. The number of hydrogen-bond acceptors (Lipinski definition) is 2. The van der Waals surface area contributed by atoms with Crippen LogP contribution in [0.4, 0.5) is 4.39 Å². The maximum absolute atomic E-state index is 13.0. The van der Waals surface area contributed by atoms with Crippen LogP contribution in [0.25, 0.3) is 0 Å². The van der Waals surface area contributed by atoms with E-state index in [1.54, 1.807) is 6.07 Å². The van der Waals surface area contributed by atoms with Gasteiger partial charge in [-0.2, -0.15) is 0 Å². The monoisotopic (exact) mass is 390 g/mol. The topological polar surface area (TPSA) is 41.1 Å². The van der Waals surface area contributed by atoms with Crippen LogP contribution in [0.2, 0.25) is 0 Å². The third-order valence-corrected chi connectivity index (χ3v) is 5.39. The molecule has 1 heterocycles. The summed E-state index contributed by atoms with van der Waals surface area (Å²) in [6.07, 6.45) is 5.94. The highest BCUT2D eigenvalue weighted by molar-refractivity contribution is 9.10. The minimum Gasteiger partial charge on any atom is -0.351 e. The number of carbonyl (C=O) groups is 1. The van der Waals surface area contributed by atoms with Crippen LogP contribution in [0.15, 0.2) is 22.7 Å². The number of nitrogens with one attached hydrogen (secondary N) is 2. The van der Waals surface area contributed by atoms with Gasteiger partial charge in [0.15, 0.2) is 0 Å². The van der Waals surface area contributed by atoms with Crippen molar-refractivity contribution < 1.29 is 9.18 Å². The Bertz CT molecular complexity index is 529. The molecule has 0 radical (unpaired) electrons. The fourth-order valence-corrected chi connectivity index (χ4v) is 3.98. The molecule has 3 nitrogen and oxygen atoms in total. The van der Waals surface area contributed by atoms with Crippen LogP contribution < -0.4 is 10.6 Å². The number of carbonyl (C=O) groups excluding carboxylic acids is 1. The molecule has 0 spiro atoms. The predicted octanol–water partition coefficient (Wildman–Crippen LogP) is 3.55. The van der Waals surface area contributed by atoms with Crippen LogP contribution in [0.5, 0.6) is 0 Å². The molecule has 2 fully saturated rings. The van der Waals surface area contributed by atoms with Crippen LogP contribution in [0, 0.1) is 11.7 Å². The zero-order chi connectivity index (χ0) is 14.8. The zero-order valence-corrected chi connectivity index (χ0v) is 14.7. The van der Waals surface area contributed by atoms with E-state index in [1.165, 1.54) is 37.8 Å². The van der Waals surface area contributed by atoms with Crippen molar-refractivity contribution in [2.24, 2.45) is 5.92 Å². The van der Waals surface area contributed by atoms with Crippen LogP contribution in [-0.4, -0.2) is 18.0 Å². The summed E-state index contributed by atoms with van der Waals surface area (Å²) in [5, 5.41) is 6.43. The van der Waals surface area contributed by atoms with Gasteiger partial charge in [0.2, 0.25) is 5.91 Å². The largest absolute Gasteiger partial charge is 0.351 e. The first-order valence-electron chi connectivity index (χ1n) is 7.61. The Morgan fingerprint density at radius 2 is 2.14 bits per heavy atom. The van der Waals surface area contributed by atoms with E-state index >= 15 is 0 Å². The Morgan fingerprint density at radius 3 is 2.86 bits per heavy atom. The van der Waals surface area contributed by atoms with E-state index in [-0.39, 0.29) is 30.2 Å². The van der Waals surface area contributed by atoms with Crippen molar-refractivity contribution in [3.05, 3.63) is 34.1 Å². The van der Waals surface area contributed by atoms with Gasteiger partial charge in [-0.25, -0.2) is 4.39 Å². The lowest BCUT2D eigenvalue weighted by Gasteiger charge is -2.24. The van der Waals surface area contributed by atoms with Crippen molar-refractivity contribution in [1.82, 2.24) is 10.6 Å². The fourth-order valence-electron chi connectivity index (χ4n) is 3.49. The van der Waals surface area contributed by atoms with Crippen molar-refractivity contribution in [1.29, 1.82) is 0 Å². The van der Waals surface area contributed by atoms with Crippen molar-refractivity contribution in [2.45, 2.75) is 50.7 Å². The quantitative estimate of drug-likeness (QED) is 0.827. The molecule has 122 valence electrons. The van der Waals surface area contributed by atoms with E-state index in [0.29, 0.717) is 23.0 Å². The van der Waals surface area contributed by atoms with Crippen molar-refractivity contribution >= 4 is 34.2 Å². The fraction of sp³-hybridized carbons (Fsp3) is 0.562. The molecular weight excluding hydrogens is 371 g/mol. The number of halogens is 3. The first-order valence-corrected chi connectivity index (χ1v) is 8.40. The Labute approximate surface area is 145 Å². The number of fused-ring (bicyclic) bond motifs is 1. The second-order valence-electron chi connectivity index (χ2n) is 6.06. The van der Waals surface area contributed by atoms with E-state index in [4.69, 9.17) is 0 Å². The van der Waals surface area contributed by atoms with Gasteiger partial charge in [0.1, 0.15) is 5.82 Å². The van der Waals surface area contributed by atoms with E-state index in [2.05, 4.69) is 26.6 Å². The molecule has 3 atom stereocenters. The molecule has 3 unspecified atom stereocenters. The molecule has 0 bridgehead atoms. The SMILES string of the molecule is Cl.O=C(NCc1ccc(F)cc1Br)C1CC2CCCCC2N1. The molecule has 1 amide bonds. The van der Waals surface area contributed by atoms with E-state index in [0.717, 1.165) is 12.0 Å². The van der Waals surface area contributed by atoms with Crippen molar-refractivity contribution in [3.8, 4) is 0 Å². The van der Waals surface area contributed by atoms with Crippen LogP contribution >= 0.6 is 28.3 Å². The summed E-state index contributed by atoms with van der Waals surface area (Å²) in [5.74, 6) is 0.436. The Kier molecular flexibility index (Phi) is 6.24. The molecule has 1 aromatic rings. The standard InChI is InChI=1S/C16H20BrFN2O.ClH/c17-13-8-12(18)6-5-11(13)9-19-16(21)15-7-10-3-1-2-4-14(10)20-15;/h5-6,8,10,14-15,20H,1-4,7,9H2,(H,19,21);1H. The van der Waals surface area contributed by atoms with Gasteiger partial charge in [-0.1, -0.05) is 34.8 Å². The molecule has 1 saturated carbocycles. The lowest BCUT2D eigenvalue weighted by molar-refractivity contribution is -0.123. The Morgan fingerprint density at radius 1 is 1.36 bits per heavy atom. The molecule has 2 N–H and O–H groups in total. The van der Waals surface area contributed by atoms with Gasteiger partial charge in [0, 0.05) is 17.1 Å². The van der Waals surface area contributed by atoms with E-state index < -0.39 is 0 Å². The van der Waals surface area contributed by atoms with Crippen molar-refractivity contribution in [2.75, 3.05) is 0 Å². The highest BCUT2D eigenvalue weighted by atomic mass is 79.9. The molecule has 22 heavy (non-hydrogen) atoms. The number of hydrogen-bond donors (Lipinski definition) is 2. The summed E-state index contributed by atoms with van der Waals surface area (Å²) in [4.78, 5) is 12.3. The minimum atomic E-state index is -0.279. The second-order valence-corrected chi connectivity index (χ2v) is 6.91. The summed E-state index contributed by atoms with van der Waals surface area (Å²) in [7, 11) is 0. The second kappa shape index (κ2) is 7.75. The number of amides is 1. The Balaban J connectivity index is 0.00000176. The summed E-state index contributed by atoms with van der Waals surface area (Å²) in [5.41, 5.74) is 0.889. The van der Waals surface area contributed by atoms with Gasteiger partial charge in [-0.15, -0.1) is 12.4 Å². The van der Waals surface area contributed by atoms with Crippen LogP contribution in [-0.2, 0) is 11.3 Å². The maximum atomic E-state index is 13.0. The highest BCUT2D eigenvalue weighted by Crippen LogP contribution is 2.33. The molecule has 1 aliphatic heterocycles. The summed E-state index contributed by atoms with van der Waals surface area (Å²) >= 11 is 3.32. The van der Waals surface area contributed by atoms with Crippen molar-refractivity contribution in [3.63, 3.8) is 0 Å². The van der Waals surface area contributed by atoms with Gasteiger partial charge in [-0.05, 0) is 42.9 Å². The predicted molar refractivity (Wildman–Crippen MR) is 90.5 cm³/mol. The van der Waals surface area contributed by atoms with Gasteiger partial charge in [0.05, 0.1) is 6.04 Å². The zero-order valence-electron chi connectivity index (χ0n) is 12.3. The molecule has 3 rings (SSSR count). The molecule has 1 saturated heterocycles. The summed E-state index contributed by atoms with van der Waals surface area (Å²) in [6.45, 7) is 0.424. The molecular formula is C16H21BrClFN2O. The molecule has 0 aromatic heterocycles. The molecule has 6 heteroatoms. The third-order valence-electron chi connectivity index (χ3n) is 4.65. The Hall–Kier alpha value is -0.650. The molecule has 2 aliphatic rings. The van der Waals surface area contributed by atoms with Gasteiger partial charge < -0.3 is 10.6 Å². The van der Waals surface area contributed by atoms with Gasteiger partial charge in [0.25, 0.3) is 0 Å². The maximum Gasteiger partial charge on any atom is 0.237 e. The lowest BCUT2D eigenvalue weighted by Crippen LogP contribution is -2.42. The van der Waals surface area contributed by atoms with Crippen LogP contribution in [0.1, 0.15) is 37.7 Å². The molecule has 1 aliphatic carbocycles. The smallest absolute Gasteiger partial charge is 0.237 e. The average Bonchev–Trinajstić information content (AvgIpc) is 2.90. The normalized spacial score (nSPS) is 26.9.